The Morgan fingerprint density at radius 1 is 1.33 bits per heavy atom. The molecule has 0 radical (unpaired) electrons. The zero-order valence-electron chi connectivity index (χ0n) is 11.3. The molecule has 2 aromatic rings. The van der Waals surface area contributed by atoms with E-state index in [1.165, 1.54) is 18.3 Å². The molecule has 0 atom stereocenters. The molecule has 21 heavy (non-hydrogen) atoms. The van der Waals surface area contributed by atoms with Crippen LogP contribution in [0.15, 0.2) is 45.9 Å². The number of nitrogens with zero attached hydrogens (tertiary/aromatic N) is 1. The summed E-state index contributed by atoms with van der Waals surface area (Å²) in [5.41, 5.74) is 0.550. The highest BCUT2D eigenvalue weighted by Gasteiger charge is 2.13. The van der Waals surface area contributed by atoms with Crippen LogP contribution in [-0.4, -0.2) is 26.2 Å². The van der Waals surface area contributed by atoms with Crippen LogP contribution < -0.4 is 5.32 Å². The molecule has 1 aromatic carbocycles. The Hall–Kier alpha value is -1.47. The SMILES string of the molecule is CS(=O)(=O)c1cccnc1NCCc1cc(Br)ccc1F. The van der Waals surface area contributed by atoms with E-state index in [9.17, 15) is 12.8 Å². The molecule has 2 rings (SSSR count). The highest BCUT2D eigenvalue weighted by atomic mass is 79.9. The number of halogens is 2. The second-order valence-electron chi connectivity index (χ2n) is 4.53. The van der Waals surface area contributed by atoms with Crippen LogP contribution in [-0.2, 0) is 16.3 Å². The molecule has 0 spiro atoms. The lowest BCUT2D eigenvalue weighted by molar-refractivity contribution is 0.601. The Bertz CT molecular complexity index is 750. The van der Waals surface area contributed by atoms with Gasteiger partial charge in [0, 0.05) is 23.5 Å². The fourth-order valence-corrected chi connectivity index (χ4v) is 3.08. The van der Waals surface area contributed by atoms with Gasteiger partial charge in [0.1, 0.15) is 16.5 Å². The summed E-state index contributed by atoms with van der Waals surface area (Å²) in [6.07, 6.45) is 3.06. The summed E-state index contributed by atoms with van der Waals surface area (Å²) in [6.45, 7) is 0.382. The van der Waals surface area contributed by atoms with E-state index < -0.39 is 9.84 Å². The maximum atomic E-state index is 13.6. The van der Waals surface area contributed by atoms with E-state index in [4.69, 9.17) is 0 Å². The molecule has 0 unspecified atom stereocenters. The lowest BCUT2D eigenvalue weighted by Gasteiger charge is -2.10. The summed E-state index contributed by atoms with van der Waals surface area (Å²) in [6, 6.07) is 7.78. The number of pyridine rings is 1. The van der Waals surface area contributed by atoms with Gasteiger partial charge in [-0.1, -0.05) is 15.9 Å². The summed E-state index contributed by atoms with van der Waals surface area (Å²) in [5.74, 6) is -0.000220. The van der Waals surface area contributed by atoms with Gasteiger partial charge in [0.2, 0.25) is 0 Å². The van der Waals surface area contributed by atoms with E-state index in [0.29, 0.717) is 18.5 Å². The molecule has 0 saturated heterocycles. The third kappa shape index (κ3) is 4.25. The van der Waals surface area contributed by atoms with Crippen LogP contribution in [0.4, 0.5) is 10.2 Å². The van der Waals surface area contributed by atoms with Crippen molar-refractivity contribution in [3.05, 3.63) is 52.4 Å². The average molecular weight is 373 g/mol. The standard InChI is InChI=1S/C14H14BrFN2O2S/c1-21(19,20)13-3-2-7-17-14(13)18-8-6-10-9-11(15)4-5-12(10)16/h2-5,7,9H,6,8H2,1H3,(H,17,18). The van der Waals surface area contributed by atoms with Crippen LogP contribution in [0.3, 0.4) is 0 Å². The van der Waals surface area contributed by atoms with Crippen molar-refractivity contribution in [3.8, 4) is 0 Å². The first-order valence-corrected chi connectivity index (χ1v) is 8.89. The fourth-order valence-electron chi connectivity index (χ4n) is 1.87. The molecule has 7 heteroatoms. The molecular weight excluding hydrogens is 359 g/mol. The lowest BCUT2D eigenvalue weighted by Crippen LogP contribution is -2.11. The predicted octanol–water partition coefficient (Wildman–Crippen LogP) is 3.04. The quantitative estimate of drug-likeness (QED) is 0.875. The van der Waals surface area contributed by atoms with Crippen molar-refractivity contribution in [3.63, 3.8) is 0 Å². The number of hydrogen-bond donors (Lipinski definition) is 1. The van der Waals surface area contributed by atoms with E-state index in [1.807, 2.05) is 0 Å². The zero-order chi connectivity index (χ0) is 15.5. The minimum absolute atomic E-state index is 0.139. The Kier molecular flexibility index (Phi) is 4.95. The van der Waals surface area contributed by atoms with Crippen molar-refractivity contribution in [1.29, 1.82) is 0 Å². The Morgan fingerprint density at radius 3 is 2.81 bits per heavy atom. The third-order valence-electron chi connectivity index (χ3n) is 2.86. The molecule has 1 N–H and O–H groups in total. The first-order valence-electron chi connectivity index (χ1n) is 6.21. The minimum Gasteiger partial charge on any atom is -0.369 e. The van der Waals surface area contributed by atoms with Crippen LogP contribution in [0.2, 0.25) is 0 Å². The van der Waals surface area contributed by atoms with E-state index in [0.717, 1.165) is 10.7 Å². The maximum Gasteiger partial charge on any atom is 0.179 e. The van der Waals surface area contributed by atoms with Gasteiger partial charge in [0.15, 0.2) is 9.84 Å². The minimum atomic E-state index is -3.35. The molecule has 0 saturated carbocycles. The Morgan fingerprint density at radius 2 is 2.10 bits per heavy atom. The molecule has 0 aliphatic heterocycles. The molecule has 112 valence electrons. The highest BCUT2D eigenvalue weighted by molar-refractivity contribution is 9.10. The highest BCUT2D eigenvalue weighted by Crippen LogP contribution is 2.19. The van der Waals surface area contributed by atoms with Gasteiger partial charge in [-0.15, -0.1) is 0 Å². The van der Waals surface area contributed by atoms with Gasteiger partial charge in [-0.3, -0.25) is 0 Å². The van der Waals surface area contributed by atoms with Crippen LogP contribution in [0, 0.1) is 5.82 Å². The van der Waals surface area contributed by atoms with Gasteiger partial charge in [-0.05, 0) is 42.3 Å². The summed E-state index contributed by atoms with van der Waals surface area (Å²) in [7, 11) is -3.35. The van der Waals surface area contributed by atoms with Crippen LogP contribution in [0.1, 0.15) is 5.56 Å². The zero-order valence-corrected chi connectivity index (χ0v) is 13.7. The second-order valence-corrected chi connectivity index (χ2v) is 7.43. The van der Waals surface area contributed by atoms with Gasteiger partial charge in [0.25, 0.3) is 0 Å². The number of nitrogens with one attached hydrogen (secondary N) is 1. The number of sulfone groups is 1. The van der Waals surface area contributed by atoms with Gasteiger partial charge in [-0.2, -0.15) is 0 Å². The average Bonchev–Trinajstić information content (AvgIpc) is 2.42. The second kappa shape index (κ2) is 6.53. The number of anilines is 1. The Balaban J connectivity index is 2.09. The molecule has 0 amide bonds. The largest absolute Gasteiger partial charge is 0.369 e. The van der Waals surface area contributed by atoms with Gasteiger partial charge in [0.05, 0.1) is 0 Å². The van der Waals surface area contributed by atoms with Gasteiger partial charge < -0.3 is 5.32 Å². The van der Waals surface area contributed by atoms with Crippen LogP contribution in [0.5, 0.6) is 0 Å². The normalized spacial score (nSPS) is 11.4. The molecule has 4 nitrogen and oxygen atoms in total. The number of hydrogen-bond acceptors (Lipinski definition) is 4. The first-order chi connectivity index (χ1) is 9.88. The topological polar surface area (TPSA) is 59.1 Å². The number of aromatic nitrogens is 1. The van der Waals surface area contributed by atoms with Crippen molar-refractivity contribution in [2.24, 2.45) is 0 Å². The smallest absolute Gasteiger partial charge is 0.179 e. The first kappa shape index (κ1) is 15.9. The fraction of sp³-hybridized carbons (Fsp3) is 0.214. The summed E-state index contributed by atoms with van der Waals surface area (Å²) in [4.78, 5) is 4.16. The maximum absolute atomic E-state index is 13.6. The van der Waals surface area contributed by atoms with Crippen LogP contribution >= 0.6 is 15.9 Å². The summed E-state index contributed by atoms with van der Waals surface area (Å²) in [5, 5.41) is 2.94. The molecule has 0 fully saturated rings. The van der Waals surface area contributed by atoms with E-state index in [2.05, 4.69) is 26.2 Å². The van der Waals surface area contributed by atoms with E-state index in [-0.39, 0.29) is 16.5 Å². The monoisotopic (exact) mass is 372 g/mol. The van der Waals surface area contributed by atoms with Crippen molar-refractivity contribution in [1.82, 2.24) is 4.98 Å². The molecule has 0 aliphatic carbocycles. The summed E-state index contributed by atoms with van der Waals surface area (Å²) >= 11 is 3.29. The van der Waals surface area contributed by atoms with Crippen molar-refractivity contribution < 1.29 is 12.8 Å². The molecule has 0 bridgehead atoms. The van der Waals surface area contributed by atoms with Crippen molar-refractivity contribution in [2.45, 2.75) is 11.3 Å². The molecule has 1 aromatic heterocycles. The molecule has 0 aliphatic rings. The van der Waals surface area contributed by atoms with Crippen molar-refractivity contribution in [2.75, 3.05) is 18.1 Å². The van der Waals surface area contributed by atoms with Crippen LogP contribution in [0.25, 0.3) is 0 Å². The van der Waals surface area contributed by atoms with E-state index in [1.54, 1.807) is 18.2 Å². The van der Waals surface area contributed by atoms with Gasteiger partial charge >= 0.3 is 0 Å². The Labute approximate surface area is 131 Å². The molecule has 1 heterocycles. The lowest BCUT2D eigenvalue weighted by atomic mass is 10.1. The third-order valence-corrected chi connectivity index (χ3v) is 4.49. The number of rotatable bonds is 5. The van der Waals surface area contributed by atoms with E-state index >= 15 is 0 Å². The summed E-state index contributed by atoms with van der Waals surface area (Å²) < 4.78 is 37.7. The van der Waals surface area contributed by atoms with Gasteiger partial charge in [-0.25, -0.2) is 17.8 Å². The molecular formula is C14H14BrFN2O2S. The number of benzene rings is 1. The van der Waals surface area contributed by atoms with Crippen molar-refractivity contribution >= 4 is 31.6 Å². The predicted molar refractivity (Wildman–Crippen MR) is 83.6 cm³/mol.